The van der Waals surface area contributed by atoms with E-state index in [1.54, 1.807) is 30.8 Å². The van der Waals surface area contributed by atoms with Crippen LogP contribution < -0.4 is 4.74 Å². The predicted molar refractivity (Wildman–Crippen MR) is 89.7 cm³/mol. The van der Waals surface area contributed by atoms with Crippen molar-refractivity contribution >= 4 is 23.6 Å². The third kappa shape index (κ3) is 4.19. The third-order valence-corrected chi connectivity index (χ3v) is 5.15. The number of ether oxygens (including phenoxy) is 1. The highest BCUT2D eigenvalue weighted by molar-refractivity contribution is 7.98. The highest BCUT2D eigenvalue weighted by Crippen LogP contribution is 2.33. The summed E-state index contributed by atoms with van der Waals surface area (Å²) >= 11 is 1.62. The fourth-order valence-electron chi connectivity index (χ4n) is 3.07. The van der Waals surface area contributed by atoms with E-state index in [1.165, 1.54) is 0 Å². The summed E-state index contributed by atoms with van der Waals surface area (Å²) < 4.78 is 5.37. The molecule has 1 fully saturated rings. The molecule has 0 aromatic heterocycles. The zero-order valence-electron chi connectivity index (χ0n) is 13.7. The van der Waals surface area contributed by atoms with Gasteiger partial charge in [-0.3, -0.25) is 9.59 Å². The molecule has 1 saturated carbocycles. The van der Waals surface area contributed by atoms with Crippen molar-refractivity contribution in [1.82, 2.24) is 4.90 Å². The Morgan fingerprint density at radius 1 is 1.35 bits per heavy atom. The number of hydrogen-bond acceptors (Lipinski definition) is 4. The Labute approximate surface area is 141 Å². The standard InChI is InChI=1S/C17H23NO4S/c1-18(16(19)12-5-6-13(9-12)17(20)21)10-11-4-7-15(23-3)14(8-11)22-2/h4,7-8,12-13H,5-6,9-10H2,1-3H3,(H,20,21)/t12-,13+/m1/s1. The lowest BCUT2D eigenvalue weighted by Gasteiger charge is -2.21. The van der Waals surface area contributed by atoms with Crippen LogP contribution in [0.2, 0.25) is 0 Å². The van der Waals surface area contributed by atoms with Crippen LogP contribution in [0.5, 0.6) is 5.75 Å². The van der Waals surface area contributed by atoms with Gasteiger partial charge in [0.25, 0.3) is 0 Å². The van der Waals surface area contributed by atoms with Crippen LogP contribution in [-0.2, 0) is 16.1 Å². The number of aliphatic carboxylic acids is 1. The number of amides is 1. The van der Waals surface area contributed by atoms with Crippen LogP contribution in [-0.4, -0.2) is 42.3 Å². The lowest BCUT2D eigenvalue weighted by molar-refractivity contribution is -0.141. The molecule has 1 N–H and O–H groups in total. The van der Waals surface area contributed by atoms with Crippen LogP contribution in [0.15, 0.2) is 23.1 Å². The molecule has 1 aliphatic carbocycles. The van der Waals surface area contributed by atoms with Crippen molar-refractivity contribution < 1.29 is 19.4 Å². The highest BCUT2D eigenvalue weighted by Gasteiger charge is 2.35. The van der Waals surface area contributed by atoms with Gasteiger partial charge < -0.3 is 14.7 Å². The lowest BCUT2D eigenvalue weighted by Crippen LogP contribution is -2.31. The summed E-state index contributed by atoms with van der Waals surface area (Å²) in [5.41, 5.74) is 1.00. The largest absolute Gasteiger partial charge is 0.496 e. The number of thioether (sulfide) groups is 1. The molecule has 23 heavy (non-hydrogen) atoms. The van der Waals surface area contributed by atoms with Crippen molar-refractivity contribution in [2.24, 2.45) is 11.8 Å². The average molecular weight is 337 g/mol. The van der Waals surface area contributed by atoms with E-state index in [2.05, 4.69) is 0 Å². The molecule has 0 heterocycles. The van der Waals surface area contributed by atoms with E-state index >= 15 is 0 Å². The van der Waals surface area contributed by atoms with Gasteiger partial charge in [0.2, 0.25) is 5.91 Å². The van der Waals surface area contributed by atoms with Gasteiger partial charge in [0.05, 0.1) is 13.0 Å². The van der Waals surface area contributed by atoms with Gasteiger partial charge in [0, 0.05) is 24.4 Å². The topological polar surface area (TPSA) is 66.8 Å². The first kappa shape index (κ1) is 17.7. The molecule has 5 nitrogen and oxygen atoms in total. The summed E-state index contributed by atoms with van der Waals surface area (Å²) in [6, 6.07) is 5.93. The quantitative estimate of drug-likeness (QED) is 0.809. The molecule has 0 unspecified atom stereocenters. The van der Waals surface area contributed by atoms with Crippen molar-refractivity contribution in [1.29, 1.82) is 0 Å². The Morgan fingerprint density at radius 3 is 2.61 bits per heavy atom. The minimum atomic E-state index is -0.791. The van der Waals surface area contributed by atoms with E-state index < -0.39 is 5.97 Å². The van der Waals surface area contributed by atoms with Gasteiger partial charge in [0.1, 0.15) is 5.75 Å². The number of rotatable bonds is 6. The summed E-state index contributed by atoms with van der Waals surface area (Å²) in [6.07, 6.45) is 3.70. The maximum absolute atomic E-state index is 12.5. The summed E-state index contributed by atoms with van der Waals surface area (Å²) in [5, 5.41) is 9.05. The Hall–Kier alpha value is -1.69. The minimum absolute atomic E-state index is 0.0293. The number of carboxylic acid groups (broad SMARTS) is 1. The van der Waals surface area contributed by atoms with Crippen LogP contribution in [0.25, 0.3) is 0 Å². The second-order valence-electron chi connectivity index (χ2n) is 5.93. The van der Waals surface area contributed by atoms with E-state index in [1.807, 2.05) is 24.5 Å². The Balaban J connectivity index is 2.00. The van der Waals surface area contributed by atoms with Gasteiger partial charge in [-0.1, -0.05) is 6.07 Å². The van der Waals surface area contributed by atoms with Crippen molar-refractivity contribution in [2.75, 3.05) is 20.4 Å². The van der Waals surface area contributed by atoms with Crippen molar-refractivity contribution in [3.63, 3.8) is 0 Å². The Bertz CT molecular complexity index is 590. The fraction of sp³-hybridized carbons (Fsp3) is 0.529. The molecule has 1 aromatic carbocycles. The molecule has 2 atom stereocenters. The number of carboxylic acids is 1. The van der Waals surface area contributed by atoms with Crippen LogP contribution in [0.1, 0.15) is 24.8 Å². The van der Waals surface area contributed by atoms with Crippen LogP contribution in [0.4, 0.5) is 0 Å². The van der Waals surface area contributed by atoms with Gasteiger partial charge in [-0.2, -0.15) is 0 Å². The van der Waals surface area contributed by atoms with E-state index in [4.69, 9.17) is 9.84 Å². The molecule has 6 heteroatoms. The second kappa shape index (κ2) is 7.73. The van der Waals surface area contributed by atoms with Crippen molar-refractivity contribution in [3.8, 4) is 5.75 Å². The van der Waals surface area contributed by atoms with E-state index in [0.29, 0.717) is 25.8 Å². The van der Waals surface area contributed by atoms with Gasteiger partial charge in [0.15, 0.2) is 0 Å². The SMILES string of the molecule is COc1cc(CN(C)C(=O)[C@@H]2CC[C@H](C(=O)O)C2)ccc1SC. The molecular weight excluding hydrogens is 314 g/mol. The maximum Gasteiger partial charge on any atom is 0.306 e. The molecule has 0 radical (unpaired) electrons. The van der Waals surface area contributed by atoms with E-state index in [9.17, 15) is 9.59 Å². The first-order valence-electron chi connectivity index (χ1n) is 7.65. The van der Waals surface area contributed by atoms with Crippen LogP contribution in [0, 0.1) is 11.8 Å². The highest BCUT2D eigenvalue weighted by atomic mass is 32.2. The molecule has 1 aromatic rings. The smallest absolute Gasteiger partial charge is 0.306 e. The van der Waals surface area contributed by atoms with Crippen LogP contribution >= 0.6 is 11.8 Å². The zero-order chi connectivity index (χ0) is 17.0. The summed E-state index contributed by atoms with van der Waals surface area (Å²) in [7, 11) is 3.41. The second-order valence-corrected chi connectivity index (χ2v) is 6.78. The van der Waals surface area contributed by atoms with Crippen molar-refractivity contribution in [2.45, 2.75) is 30.7 Å². The molecule has 0 aliphatic heterocycles. The summed E-state index contributed by atoms with van der Waals surface area (Å²) in [5.74, 6) is -0.503. The van der Waals surface area contributed by atoms with Gasteiger partial charge in [-0.15, -0.1) is 11.8 Å². The molecule has 0 bridgehead atoms. The van der Waals surface area contributed by atoms with Gasteiger partial charge in [-0.25, -0.2) is 0 Å². The third-order valence-electron chi connectivity index (χ3n) is 4.38. The van der Waals surface area contributed by atoms with Gasteiger partial charge in [-0.05, 0) is 43.2 Å². The van der Waals surface area contributed by atoms with Crippen LogP contribution in [0.3, 0.4) is 0 Å². The average Bonchev–Trinajstić information content (AvgIpc) is 3.04. The number of nitrogens with zero attached hydrogens (tertiary/aromatic N) is 1. The monoisotopic (exact) mass is 337 g/mol. The minimum Gasteiger partial charge on any atom is -0.496 e. The number of benzene rings is 1. The predicted octanol–water partition coefficient (Wildman–Crippen LogP) is 2.88. The normalized spacial score (nSPS) is 20.3. The Morgan fingerprint density at radius 2 is 2.04 bits per heavy atom. The maximum atomic E-state index is 12.5. The molecular formula is C17H23NO4S. The molecule has 0 spiro atoms. The molecule has 2 rings (SSSR count). The lowest BCUT2D eigenvalue weighted by atomic mass is 10.0. The first-order valence-corrected chi connectivity index (χ1v) is 8.87. The fourth-order valence-corrected chi connectivity index (χ4v) is 3.62. The van der Waals surface area contributed by atoms with Gasteiger partial charge >= 0.3 is 5.97 Å². The summed E-state index contributed by atoms with van der Waals surface area (Å²) in [4.78, 5) is 26.3. The van der Waals surface area contributed by atoms with Crippen molar-refractivity contribution in [3.05, 3.63) is 23.8 Å². The van der Waals surface area contributed by atoms with E-state index in [-0.39, 0.29) is 17.7 Å². The molecule has 1 amide bonds. The zero-order valence-corrected chi connectivity index (χ0v) is 14.6. The van der Waals surface area contributed by atoms with E-state index in [0.717, 1.165) is 16.2 Å². The summed E-state index contributed by atoms with van der Waals surface area (Å²) in [6.45, 7) is 0.498. The number of carbonyl (C=O) groups excluding carboxylic acids is 1. The Kier molecular flexibility index (Phi) is 5.93. The number of hydrogen-bond donors (Lipinski definition) is 1. The number of methoxy groups -OCH3 is 1. The molecule has 126 valence electrons. The first-order chi connectivity index (χ1) is 11.0. The molecule has 0 saturated heterocycles. The number of carbonyl (C=O) groups is 2. The molecule has 1 aliphatic rings.